The fourth-order valence-corrected chi connectivity index (χ4v) is 2.80. The van der Waals surface area contributed by atoms with Crippen LogP contribution >= 0.6 is 0 Å². The SMILES string of the molecule is C=C1CC[C@H]2CCCC[C@@H]2C1. The van der Waals surface area contributed by atoms with Gasteiger partial charge in [0.1, 0.15) is 0 Å². The van der Waals surface area contributed by atoms with Crippen LogP contribution in [0.3, 0.4) is 0 Å². The number of hydrogen-bond donors (Lipinski definition) is 0. The Bertz CT molecular complexity index is 157. The van der Waals surface area contributed by atoms with Crippen molar-refractivity contribution in [2.75, 3.05) is 0 Å². The maximum absolute atomic E-state index is 4.11. The van der Waals surface area contributed by atoms with Gasteiger partial charge < -0.3 is 0 Å². The first-order valence-electron chi connectivity index (χ1n) is 5.03. The monoisotopic (exact) mass is 150 g/mol. The Hall–Kier alpha value is -0.260. The van der Waals surface area contributed by atoms with E-state index in [0.717, 1.165) is 11.8 Å². The highest BCUT2D eigenvalue weighted by molar-refractivity contribution is 5.02. The third kappa shape index (κ3) is 1.50. The maximum Gasteiger partial charge on any atom is -0.0292 e. The Morgan fingerprint density at radius 2 is 1.73 bits per heavy atom. The molecular weight excluding hydrogens is 132 g/mol. The van der Waals surface area contributed by atoms with E-state index in [9.17, 15) is 0 Å². The molecule has 0 unspecified atom stereocenters. The van der Waals surface area contributed by atoms with Crippen LogP contribution in [0.1, 0.15) is 44.9 Å². The van der Waals surface area contributed by atoms with E-state index in [1.807, 2.05) is 0 Å². The summed E-state index contributed by atoms with van der Waals surface area (Å²) in [6.07, 6.45) is 10.1. The Kier molecular flexibility index (Phi) is 2.02. The number of rotatable bonds is 0. The van der Waals surface area contributed by atoms with Gasteiger partial charge in [-0.15, -0.1) is 0 Å². The van der Waals surface area contributed by atoms with Crippen molar-refractivity contribution >= 4 is 0 Å². The summed E-state index contributed by atoms with van der Waals surface area (Å²) in [4.78, 5) is 0. The summed E-state index contributed by atoms with van der Waals surface area (Å²) in [6, 6.07) is 0. The van der Waals surface area contributed by atoms with Crippen LogP contribution in [0.4, 0.5) is 0 Å². The van der Waals surface area contributed by atoms with Gasteiger partial charge in [-0.2, -0.15) is 0 Å². The second kappa shape index (κ2) is 3.00. The van der Waals surface area contributed by atoms with Gasteiger partial charge >= 0.3 is 0 Å². The molecule has 2 rings (SSSR count). The molecule has 0 radical (unpaired) electrons. The molecule has 0 amide bonds. The lowest BCUT2D eigenvalue weighted by Crippen LogP contribution is -2.23. The van der Waals surface area contributed by atoms with Crippen LogP contribution in [-0.4, -0.2) is 0 Å². The van der Waals surface area contributed by atoms with Crippen molar-refractivity contribution in [2.24, 2.45) is 11.8 Å². The zero-order chi connectivity index (χ0) is 7.68. The molecule has 0 heterocycles. The molecule has 2 fully saturated rings. The van der Waals surface area contributed by atoms with E-state index in [1.54, 1.807) is 0 Å². The molecule has 2 atom stereocenters. The molecule has 0 nitrogen and oxygen atoms in total. The lowest BCUT2D eigenvalue weighted by atomic mass is 9.70. The van der Waals surface area contributed by atoms with Gasteiger partial charge in [-0.3, -0.25) is 0 Å². The molecule has 0 aliphatic heterocycles. The van der Waals surface area contributed by atoms with Crippen LogP contribution < -0.4 is 0 Å². The summed E-state index contributed by atoms with van der Waals surface area (Å²) in [5.74, 6) is 2.11. The first-order valence-corrected chi connectivity index (χ1v) is 5.03. The summed E-state index contributed by atoms with van der Waals surface area (Å²) >= 11 is 0. The second-order valence-electron chi connectivity index (χ2n) is 4.30. The van der Waals surface area contributed by atoms with E-state index >= 15 is 0 Å². The molecule has 11 heavy (non-hydrogen) atoms. The molecule has 2 aliphatic rings. The standard InChI is InChI=1S/C11H18/c1-9-6-7-10-4-2-3-5-11(10)8-9/h10-11H,1-8H2/t10-,11-/m1/s1. The van der Waals surface area contributed by atoms with E-state index in [1.165, 1.54) is 50.5 Å². The zero-order valence-corrected chi connectivity index (χ0v) is 7.31. The van der Waals surface area contributed by atoms with Crippen molar-refractivity contribution in [3.8, 4) is 0 Å². The molecule has 0 heteroatoms. The van der Waals surface area contributed by atoms with Crippen molar-refractivity contribution < 1.29 is 0 Å². The van der Waals surface area contributed by atoms with Crippen LogP contribution in [0, 0.1) is 11.8 Å². The van der Waals surface area contributed by atoms with Gasteiger partial charge in [0.05, 0.1) is 0 Å². The normalized spacial score (nSPS) is 38.4. The summed E-state index contributed by atoms with van der Waals surface area (Å²) in [5.41, 5.74) is 1.52. The topological polar surface area (TPSA) is 0 Å². The predicted molar refractivity (Wildman–Crippen MR) is 48.4 cm³/mol. The molecule has 0 saturated heterocycles. The average molecular weight is 150 g/mol. The van der Waals surface area contributed by atoms with E-state index in [2.05, 4.69) is 6.58 Å². The Balaban J connectivity index is 1.98. The molecule has 2 aliphatic carbocycles. The average Bonchev–Trinajstić information content (AvgIpc) is 2.04. The molecule has 0 bridgehead atoms. The van der Waals surface area contributed by atoms with Crippen molar-refractivity contribution in [2.45, 2.75) is 44.9 Å². The maximum atomic E-state index is 4.11. The second-order valence-corrected chi connectivity index (χ2v) is 4.30. The molecular formula is C11H18. The number of fused-ring (bicyclic) bond motifs is 1. The van der Waals surface area contributed by atoms with Crippen LogP contribution in [0.5, 0.6) is 0 Å². The molecule has 62 valence electrons. The van der Waals surface area contributed by atoms with Crippen LogP contribution in [0.15, 0.2) is 12.2 Å². The minimum absolute atomic E-state index is 1.03. The van der Waals surface area contributed by atoms with Crippen molar-refractivity contribution in [3.05, 3.63) is 12.2 Å². The highest BCUT2D eigenvalue weighted by atomic mass is 14.3. The molecule has 0 spiro atoms. The summed E-state index contributed by atoms with van der Waals surface area (Å²) < 4.78 is 0. The Morgan fingerprint density at radius 1 is 1.00 bits per heavy atom. The molecule has 2 saturated carbocycles. The van der Waals surface area contributed by atoms with Gasteiger partial charge in [0.15, 0.2) is 0 Å². The van der Waals surface area contributed by atoms with E-state index in [0.29, 0.717) is 0 Å². The van der Waals surface area contributed by atoms with Gasteiger partial charge in [-0.25, -0.2) is 0 Å². The smallest absolute Gasteiger partial charge is 0.0292 e. The summed E-state index contributed by atoms with van der Waals surface area (Å²) in [7, 11) is 0. The van der Waals surface area contributed by atoms with E-state index in [-0.39, 0.29) is 0 Å². The first kappa shape index (κ1) is 7.39. The van der Waals surface area contributed by atoms with E-state index in [4.69, 9.17) is 0 Å². The highest BCUT2D eigenvalue weighted by Crippen LogP contribution is 2.41. The van der Waals surface area contributed by atoms with Gasteiger partial charge in [0, 0.05) is 0 Å². The third-order valence-electron chi connectivity index (χ3n) is 3.49. The lowest BCUT2D eigenvalue weighted by molar-refractivity contribution is 0.199. The van der Waals surface area contributed by atoms with Gasteiger partial charge in [0.2, 0.25) is 0 Å². The minimum Gasteiger partial charge on any atom is -0.0999 e. The van der Waals surface area contributed by atoms with E-state index < -0.39 is 0 Å². The first-order chi connectivity index (χ1) is 5.36. The van der Waals surface area contributed by atoms with Gasteiger partial charge in [-0.1, -0.05) is 31.4 Å². The fraction of sp³-hybridized carbons (Fsp3) is 0.818. The lowest BCUT2D eigenvalue weighted by Gasteiger charge is -2.36. The Morgan fingerprint density at radius 3 is 2.55 bits per heavy atom. The zero-order valence-electron chi connectivity index (χ0n) is 7.31. The summed E-state index contributed by atoms with van der Waals surface area (Å²) in [6.45, 7) is 4.11. The fourth-order valence-electron chi connectivity index (χ4n) is 2.80. The van der Waals surface area contributed by atoms with Gasteiger partial charge in [0.25, 0.3) is 0 Å². The third-order valence-corrected chi connectivity index (χ3v) is 3.49. The molecule has 0 N–H and O–H groups in total. The molecule has 0 aromatic carbocycles. The Labute approximate surface area is 69.7 Å². The number of hydrogen-bond acceptors (Lipinski definition) is 0. The largest absolute Gasteiger partial charge is 0.0999 e. The quantitative estimate of drug-likeness (QED) is 0.463. The van der Waals surface area contributed by atoms with Crippen LogP contribution in [0.2, 0.25) is 0 Å². The van der Waals surface area contributed by atoms with Crippen molar-refractivity contribution in [1.82, 2.24) is 0 Å². The van der Waals surface area contributed by atoms with Crippen molar-refractivity contribution in [1.29, 1.82) is 0 Å². The van der Waals surface area contributed by atoms with Crippen LogP contribution in [-0.2, 0) is 0 Å². The highest BCUT2D eigenvalue weighted by Gasteiger charge is 2.28. The van der Waals surface area contributed by atoms with Crippen LogP contribution in [0.25, 0.3) is 0 Å². The summed E-state index contributed by atoms with van der Waals surface area (Å²) in [5, 5.41) is 0. The number of allylic oxidation sites excluding steroid dienone is 1. The minimum atomic E-state index is 1.03. The molecule has 0 aromatic heterocycles. The predicted octanol–water partition coefficient (Wildman–Crippen LogP) is 3.53. The van der Waals surface area contributed by atoms with Gasteiger partial charge in [-0.05, 0) is 37.5 Å². The molecule has 0 aromatic rings. The van der Waals surface area contributed by atoms with Crippen molar-refractivity contribution in [3.63, 3.8) is 0 Å².